The van der Waals surface area contributed by atoms with Crippen LogP contribution in [-0.4, -0.2) is 24.5 Å². The maximum atomic E-state index is 5.84. The van der Waals surface area contributed by atoms with E-state index in [0.29, 0.717) is 0 Å². The van der Waals surface area contributed by atoms with Crippen LogP contribution in [0.15, 0.2) is 10.5 Å². The van der Waals surface area contributed by atoms with Gasteiger partial charge in [0.25, 0.3) is 0 Å². The molecule has 2 atom stereocenters. The molecule has 3 rings (SSSR count). The van der Waals surface area contributed by atoms with Crippen molar-refractivity contribution in [3.8, 4) is 0 Å². The molecule has 2 aliphatic rings. The Morgan fingerprint density at radius 1 is 1.25 bits per heavy atom. The summed E-state index contributed by atoms with van der Waals surface area (Å²) < 4.78 is 5.84. The van der Waals surface area contributed by atoms with Crippen LogP contribution >= 0.6 is 0 Å². The number of likely N-dealkylation sites (tertiary alicyclic amines) is 1. The number of furan rings is 1. The van der Waals surface area contributed by atoms with E-state index in [4.69, 9.17) is 4.42 Å². The minimum Gasteiger partial charge on any atom is -0.465 e. The zero-order valence-electron chi connectivity index (χ0n) is 13.0. The lowest BCUT2D eigenvalue weighted by Crippen LogP contribution is -2.46. The number of nitrogens with zero attached hydrogens (tertiary/aromatic N) is 1. The summed E-state index contributed by atoms with van der Waals surface area (Å²) in [5.74, 6) is 3.13. The second-order valence-electron chi connectivity index (χ2n) is 6.55. The third-order valence-corrected chi connectivity index (χ3v) is 5.15. The van der Waals surface area contributed by atoms with Gasteiger partial charge in [0.2, 0.25) is 0 Å². The Labute approximate surface area is 122 Å². The summed E-state index contributed by atoms with van der Waals surface area (Å²) in [4.78, 5) is 2.73. The highest BCUT2D eigenvalue weighted by Crippen LogP contribution is 2.36. The molecule has 0 amide bonds. The van der Waals surface area contributed by atoms with Gasteiger partial charge in [0.15, 0.2) is 0 Å². The molecular formula is C17H28N2O. The Balaban J connectivity index is 1.69. The Bertz CT molecular complexity index is 438. The quantitative estimate of drug-likeness (QED) is 0.913. The van der Waals surface area contributed by atoms with E-state index in [1.807, 2.05) is 7.05 Å². The molecule has 1 aliphatic carbocycles. The minimum absolute atomic E-state index is 0.826. The third-order valence-electron chi connectivity index (χ3n) is 5.15. The van der Waals surface area contributed by atoms with E-state index in [1.54, 1.807) is 0 Å². The van der Waals surface area contributed by atoms with E-state index in [-0.39, 0.29) is 0 Å². The van der Waals surface area contributed by atoms with Crippen LogP contribution in [0.4, 0.5) is 0 Å². The number of piperidine rings is 1. The predicted molar refractivity (Wildman–Crippen MR) is 81.6 cm³/mol. The number of hydrogen-bond acceptors (Lipinski definition) is 3. The Morgan fingerprint density at radius 3 is 2.90 bits per heavy atom. The fraction of sp³-hybridized carbons (Fsp3) is 0.765. The van der Waals surface area contributed by atoms with Crippen LogP contribution in [0, 0.1) is 12.8 Å². The summed E-state index contributed by atoms with van der Waals surface area (Å²) in [6.07, 6.45) is 8.57. The molecule has 0 radical (unpaired) electrons. The summed E-state index contributed by atoms with van der Waals surface area (Å²) in [6.45, 7) is 5.29. The van der Waals surface area contributed by atoms with Gasteiger partial charge < -0.3 is 9.73 Å². The zero-order chi connectivity index (χ0) is 13.9. The van der Waals surface area contributed by atoms with Gasteiger partial charge in [-0.25, -0.2) is 0 Å². The average Bonchev–Trinajstić information content (AvgIpc) is 2.80. The molecule has 0 bridgehead atoms. The van der Waals surface area contributed by atoms with E-state index in [0.717, 1.165) is 36.6 Å². The summed E-state index contributed by atoms with van der Waals surface area (Å²) in [7, 11) is 1.97. The van der Waals surface area contributed by atoms with Crippen molar-refractivity contribution in [3.05, 3.63) is 23.2 Å². The van der Waals surface area contributed by atoms with E-state index in [2.05, 4.69) is 23.2 Å². The molecule has 3 heteroatoms. The molecule has 2 heterocycles. The molecule has 20 heavy (non-hydrogen) atoms. The lowest BCUT2D eigenvalue weighted by molar-refractivity contribution is 0.0544. The zero-order valence-corrected chi connectivity index (χ0v) is 13.0. The van der Waals surface area contributed by atoms with Gasteiger partial charge in [-0.05, 0) is 58.2 Å². The molecule has 1 saturated heterocycles. The maximum absolute atomic E-state index is 5.84. The highest BCUT2D eigenvalue weighted by Gasteiger charge is 2.33. The largest absolute Gasteiger partial charge is 0.465 e. The van der Waals surface area contributed by atoms with Crippen molar-refractivity contribution >= 4 is 0 Å². The molecular weight excluding hydrogens is 248 g/mol. The molecule has 3 nitrogen and oxygen atoms in total. The standard InChI is InChI=1S/C17H28N2O/c1-13-15(10-16(20-13)11-18-2)12-19-9-5-7-14-6-3-4-8-17(14)19/h10,14,17-18H,3-9,11-12H2,1-2H3. The Morgan fingerprint density at radius 2 is 2.05 bits per heavy atom. The topological polar surface area (TPSA) is 28.4 Å². The summed E-state index contributed by atoms with van der Waals surface area (Å²) >= 11 is 0. The normalized spacial score (nSPS) is 27.5. The van der Waals surface area contributed by atoms with Gasteiger partial charge >= 0.3 is 0 Å². The average molecular weight is 276 g/mol. The molecule has 1 aliphatic heterocycles. The first-order valence-electron chi connectivity index (χ1n) is 8.24. The number of nitrogens with one attached hydrogen (secondary N) is 1. The van der Waals surface area contributed by atoms with Gasteiger partial charge in [0.05, 0.1) is 6.54 Å². The van der Waals surface area contributed by atoms with Crippen LogP contribution in [0.25, 0.3) is 0 Å². The SMILES string of the molecule is CNCc1cc(CN2CCCC3CCCCC32)c(C)o1. The third kappa shape index (κ3) is 2.94. The van der Waals surface area contributed by atoms with E-state index in [9.17, 15) is 0 Å². The second kappa shape index (κ2) is 6.31. The molecule has 0 spiro atoms. The highest BCUT2D eigenvalue weighted by molar-refractivity contribution is 5.21. The molecule has 0 aromatic carbocycles. The van der Waals surface area contributed by atoms with Gasteiger partial charge in [-0.3, -0.25) is 4.90 Å². The van der Waals surface area contributed by atoms with E-state index in [1.165, 1.54) is 50.6 Å². The van der Waals surface area contributed by atoms with Crippen molar-refractivity contribution in [2.24, 2.45) is 5.92 Å². The van der Waals surface area contributed by atoms with Crippen molar-refractivity contribution in [2.45, 2.75) is 64.6 Å². The predicted octanol–water partition coefficient (Wildman–Crippen LogP) is 3.46. The fourth-order valence-corrected chi connectivity index (χ4v) is 4.15. The van der Waals surface area contributed by atoms with E-state index < -0.39 is 0 Å². The van der Waals surface area contributed by atoms with Gasteiger partial charge in [-0.2, -0.15) is 0 Å². The number of hydrogen-bond donors (Lipinski definition) is 1. The smallest absolute Gasteiger partial charge is 0.118 e. The molecule has 1 saturated carbocycles. The van der Waals surface area contributed by atoms with Crippen LogP contribution in [0.5, 0.6) is 0 Å². The van der Waals surface area contributed by atoms with Crippen LogP contribution in [0.3, 0.4) is 0 Å². The molecule has 2 unspecified atom stereocenters. The monoisotopic (exact) mass is 276 g/mol. The first kappa shape index (κ1) is 14.2. The lowest BCUT2D eigenvalue weighted by atomic mass is 9.78. The first-order valence-corrected chi connectivity index (χ1v) is 8.24. The lowest BCUT2D eigenvalue weighted by Gasteiger charge is -2.44. The van der Waals surface area contributed by atoms with Crippen LogP contribution in [0.1, 0.15) is 55.6 Å². The Hall–Kier alpha value is -0.800. The van der Waals surface area contributed by atoms with Crippen LogP contribution in [-0.2, 0) is 13.1 Å². The molecule has 1 aromatic heterocycles. The van der Waals surface area contributed by atoms with Crippen LogP contribution < -0.4 is 5.32 Å². The first-order chi connectivity index (χ1) is 9.78. The van der Waals surface area contributed by atoms with Crippen molar-refractivity contribution < 1.29 is 4.42 Å². The van der Waals surface area contributed by atoms with Gasteiger partial charge in [-0.1, -0.05) is 12.8 Å². The van der Waals surface area contributed by atoms with Gasteiger partial charge in [0.1, 0.15) is 11.5 Å². The maximum Gasteiger partial charge on any atom is 0.118 e. The highest BCUT2D eigenvalue weighted by atomic mass is 16.3. The molecule has 1 N–H and O–H groups in total. The molecule has 1 aromatic rings. The van der Waals surface area contributed by atoms with Crippen molar-refractivity contribution in [2.75, 3.05) is 13.6 Å². The second-order valence-corrected chi connectivity index (χ2v) is 6.55. The Kier molecular flexibility index (Phi) is 4.47. The van der Waals surface area contributed by atoms with Gasteiger partial charge in [-0.15, -0.1) is 0 Å². The minimum atomic E-state index is 0.826. The number of fused-ring (bicyclic) bond motifs is 1. The summed E-state index contributed by atoms with van der Waals surface area (Å²) in [5, 5.41) is 3.17. The number of rotatable bonds is 4. The van der Waals surface area contributed by atoms with Crippen molar-refractivity contribution in [3.63, 3.8) is 0 Å². The molecule has 112 valence electrons. The van der Waals surface area contributed by atoms with Crippen molar-refractivity contribution in [1.29, 1.82) is 0 Å². The summed E-state index contributed by atoms with van der Waals surface area (Å²) in [6, 6.07) is 3.08. The van der Waals surface area contributed by atoms with E-state index >= 15 is 0 Å². The van der Waals surface area contributed by atoms with Crippen LogP contribution in [0.2, 0.25) is 0 Å². The number of aryl methyl sites for hydroxylation is 1. The van der Waals surface area contributed by atoms with Crippen molar-refractivity contribution in [1.82, 2.24) is 10.2 Å². The fourth-order valence-electron chi connectivity index (χ4n) is 4.15. The summed E-state index contributed by atoms with van der Waals surface area (Å²) in [5.41, 5.74) is 1.39. The molecule has 2 fully saturated rings. The van der Waals surface area contributed by atoms with Gasteiger partial charge in [0, 0.05) is 18.2 Å².